The van der Waals surface area contributed by atoms with Gasteiger partial charge in [-0.05, 0) is 62.1 Å². The van der Waals surface area contributed by atoms with Crippen molar-refractivity contribution in [2.45, 2.75) is 63.4 Å². The fraction of sp³-hybridized carbons (Fsp3) is 0.594. The third-order valence-electron chi connectivity index (χ3n) is 7.83. The average Bonchev–Trinajstić information content (AvgIpc) is 2.96. The van der Waals surface area contributed by atoms with E-state index in [1.807, 2.05) is 26.0 Å². The summed E-state index contributed by atoms with van der Waals surface area (Å²) in [6.07, 6.45) is 2.20. The number of nitrogens with one attached hydrogen (secondary N) is 1. The molecule has 0 unspecified atom stereocenters. The van der Waals surface area contributed by atoms with Crippen LogP contribution in [0, 0.1) is 0 Å². The van der Waals surface area contributed by atoms with Gasteiger partial charge in [0, 0.05) is 59.3 Å². The molecule has 9 heteroatoms. The summed E-state index contributed by atoms with van der Waals surface area (Å²) in [5, 5.41) is 3.68. The summed E-state index contributed by atoms with van der Waals surface area (Å²) in [7, 11) is 6.83. The maximum Gasteiger partial charge on any atom is 0.409 e. The zero-order valence-corrected chi connectivity index (χ0v) is 25.5. The number of rotatable bonds is 12. The molecule has 9 nitrogen and oxygen atoms in total. The molecular weight excluding hydrogens is 522 g/mol. The normalized spacial score (nSPS) is 20.6. The van der Waals surface area contributed by atoms with E-state index in [4.69, 9.17) is 23.7 Å². The van der Waals surface area contributed by atoms with Crippen LogP contribution in [-0.2, 0) is 20.8 Å². The topological polar surface area (TPSA) is 81.7 Å². The molecule has 0 radical (unpaired) electrons. The van der Waals surface area contributed by atoms with Crippen molar-refractivity contribution in [3.8, 4) is 11.5 Å². The van der Waals surface area contributed by atoms with Crippen molar-refractivity contribution in [1.82, 2.24) is 10.2 Å². The third kappa shape index (κ3) is 8.50. The van der Waals surface area contributed by atoms with Gasteiger partial charge in [-0.25, -0.2) is 4.79 Å². The predicted molar refractivity (Wildman–Crippen MR) is 160 cm³/mol. The Hall–Kier alpha value is -3.01. The second-order valence-electron chi connectivity index (χ2n) is 11.8. The molecule has 4 rings (SSSR count). The Balaban J connectivity index is 1.46. The number of hydrogen-bond acceptors (Lipinski definition) is 8. The number of carbonyl (C=O) groups is 1. The number of benzene rings is 2. The Morgan fingerprint density at radius 2 is 1.93 bits per heavy atom. The molecule has 2 aromatic rings. The van der Waals surface area contributed by atoms with E-state index >= 15 is 0 Å². The molecular formula is C32H47N3O6. The summed E-state index contributed by atoms with van der Waals surface area (Å²) in [4.78, 5) is 16.1. The number of nitrogens with zero attached hydrogens (tertiary/aromatic N) is 2. The van der Waals surface area contributed by atoms with Gasteiger partial charge in [-0.2, -0.15) is 0 Å². The van der Waals surface area contributed by atoms with Crippen molar-refractivity contribution in [1.29, 1.82) is 0 Å². The SMILES string of the molecule is COCCCN1CCOc2ccc(CO[C@H]3CN[C@@H](CC(C)(C)OC(=O)N(C)C)C[C@@H]3c3ccc(OC)cc3)cc21. The van der Waals surface area contributed by atoms with Gasteiger partial charge in [0.05, 0.1) is 32.1 Å². The van der Waals surface area contributed by atoms with Crippen LogP contribution in [0.1, 0.15) is 50.2 Å². The predicted octanol–water partition coefficient (Wildman–Crippen LogP) is 4.83. The molecule has 0 saturated carbocycles. The molecule has 226 valence electrons. The number of carbonyl (C=O) groups excluding carboxylic acids is 1. The molecule has 1 saturated heterocycles. The number of piperidine rings is 1. The van der Waals surface area contributed by atoms with Gasteiger partial charge >= 0.3 is 6.09 Å². The number of ether oxygens (including phenoxy) is 5. The molecule has 0 bridgehead atoms. The highest BCUT2D eigenvalue weighted by Crippen LogP contribution is 2.36. The Labute approximate surface area is 245 Å². The van der Waals surface area contributed by atoms with Crippen LogP contribution in [0.5, 0.6) is 11.5 Å². The van der Waals surface area contributed by atoms with E-state index in [1.54, 1.807) is 28.3 Å². The zero-order chi connectivity index (χ0) is 29.4. The fourth-order valence-electron chi connectivity index (χ4n) is 5.71. The first-order chi connectivity index (χ1) is 19.7. The van der Waals surface area contributed by atoms with E-state index in [1.165, 1.54) is 10.5 Å². The summed E-state index contributed by atoms with van der Waals surface area (Å²) in [6, 6.07) is 14.8. The van der Waals surface area contributed by atoms with Gasteiger partial charge in [0.15, 0.2) is 0 Å². The minimum absolute atomic E-state index is 0.0165. The zero-order valence-electron chi connectivity index (χ0n) is 25.5. The van der Waals surface area contributed by atoms with Gasteiger partial charge in [0.2, 0.25) is 0 Å². The van der Waals surface area contributed by atoms with Crippen LogP contribution < -0.4 is 19.7 Å². The van der Waals surface area contributed by atoms with Crippen LogP contribution in [0.2, 0.25) is 0 Å². The van der Waals surface area contributed by atoms with Crippen molar-refractivity contribution >= 4 is 11.8 Å². The molecule has 1 N–H and O–H groups in total. The minimum atomic E-state index is -0.600. The van der Waals surface area contributed by atoms with Crippen LogP contribution in [0.3, 0.4) is 0 Å². The van der Waals surface area contributed by atoms with Crippen LogP contribution in [0.15, 0.2) is 42.5 Å². The molecule has 0 aliphatic carbocycles. The summed E-state index contributed by atoms with van der Waals surface area (Å²) in [5.41, 5.74) is 2.86. The number of hydrogen-bond donors (Lipinski definition) is 1. The maximum atomic E-state index is 12.2. The van der Waals surface area contributed by atoms with Gasteiger partial charge in [-0.15, -0.1) is 0 Å². The van der Waals surface area contributed by atoms with Gasteiger partial charge < -0.3 is 38.8 Å². The molecule has 2 heterocycles. The highest BCUT2D eigenvalue weighted by atomic mass is 16.6. The van der Waals surface area contributed by atoms with E-state index in [0.29, 0.717) is 26.2 Å². The van der Waals surface area contributed by atoms with Crippen molar-refractivity contribution in [2.24, 2.45) is 0 Å². The van der Waals surface area contributed by atoms with Gasteiger partial charge in [-0.1, -0.05) is 18.2 Å². The first-order valence-corrected chi connectivity index (χ1v) is 14.6. The third-order valence-corrected chi connectivity index (χ3v) is 7.83. The molecule has 1 fully saturated rings. The Morgan fingerprint density at radius 1 is 1.15 bits per heavy atom. The van der Waals surface area contributed by atoms with Crippen LogP contribution in [0.25, 0.3) is 0 Å². The maximum absolute atomic E-state index is 12.2. The van der Waals surface area contributed by atoms with E-state index in [-0.39, 0.29) is 24.2 Å². The minimum Gasteiger partial charge on any atom is -0.497 e. The molecule has 0 aromatic heterocycles. The van der Waals surface area contributed by atoms with E-state index in [9.17, 15) is 4.79 Å². The Kier molecular flexibility index (Phi) is 10.8. The van der Waals surface area contributed by atoms with E-state index in [2.05, 4.69) is 40.5 Å². The second-order valence-corrected chi connectivity index (χ2v) is 11.8. The Morgan fingerprint density at radius 3 is 2.63 bits per heavy atom. The average molecular weight is 570 g/mol. The van der Waals surface area contributed by atoms with E-state index in [0.717, 1.165) is 55.3 Å². The van der Waals surface area contributed by atoms with Crippen molar-refractivity contribution < 1.29 is 28.5 Å². The lowest BCUT2D eigenvalue weighted by molar-refractivity contribution is -0.0179. The molecule has 3 atom stereocenters. The number of fused-ring (bicyclic) bond motifs is 1. The van der Waals surface area contributed by atoms with Gasteiger partial charge in [0.25, 0.3) is 0 Å². The number of amides is 1. The Bertz CT molecular complexity index is 1120. The lowest BCUT2D eigenvalue weighted by atomic mass is 9.81. The van der Waals surface area contributed by atoms with Crippen molar-refractivity contribution in [2.75, 3.05) is 66.1 Å². The highest BCUT2D eigenvalue weighted by molar-refractivity contribution is 5.67. The lowest BCUT2D eigenvalue weighted by Crippen LogP contribution is -2.50. The summed E-state index contributed by atoms with van der Waals surface area (Å²) < 4.78 is 29.0. The fourth-order valence-corrected chi connectivity index (χ4v) is 5.71. The van der Waals surface area contributed by atoms with Gasteiger partial charge in [0.1, 0.15) is 23.7 Å². The summed E-state index contributed by atoms with van der Waals surface area (Å²) in [5.74, 6) is 1.94. The second kappa shape index (κ2) is 14.2. The quantitative estimate of drug-likeness (QED) is 0.364. The molecule has 1 amide bonds. The smallest absolute Gasteiger partial charge is 0.409 e. The molecule has 2 aromatic carbocycles. The van der Waals surface area contributed by atoms with Crippen molar-refractivity contribution in [3.05, 3.63) is 53.6 Å². The molecule has 2 aliphatic rings. The van der Waals surface area contributed by atoms with E-state index < -0.39 is 5.60 Å². The monoisotopic (exact) mass is 569 g/mol. The molecule has 41 heavy (non-hydrogen) atoms. The van der Waals surface area contributed by atoms with Crippen LogP contribution in [0.4, 0.5) is 10.5 Å². The molecule has 2 aliphatic heterocycles. The molecule has 0 spiro atoms. The summed E-state index contributed by atoms with van der Waals surface area (Å²) >= 11 is 0. The standard InChI is InChI=1S/C32H47N3O6/c1-32(2,41-31(36)34(3)4)20-25-19-27(24-9-11-26(38-6)12-10-24)30(21-33-25)40-22-23-8-13-29-28(18-23)35(15-17-39-29)14-7-16-37-5/h8-13,18,25,27,30,33H,7,14-17,19-22H2,1-6H3/t25-,27-,30+/m1/s1. The first kappa shape index (κ1) is 30.9. The highest BCUT2D eigenvalue weighted by Gasteiger charge is 2.36. The summed E-state index contributed by atoms with van der Waals surface area (Å²) in [6.45, 7) is 8.40. The number of methoxy groups -OCH3 is 2. The van der Waals surface area contributed by atoms with Crippen molar-refractivity contribution in [3.63, 3.8) is 0 Å². The van der Waals surface area contributed by atoms with Crippen LogP contribution >= 0.6 is 0 Å². The number of anilines is 1. The van der Waals surface area contributed by atoms with Gasteiger partial charge in [-0.3, -0.25) is 0 Å². The largest absolute Gasteiger partial charge is 0.497 e. The first-order valence-electron chi connectivity index (χ1n) is 14.6. The lowest BCUT2D eigenvalue weighted by Gasteiger charge is -2.40. The van der Waals surface area contributed by atoms with Crippen LogP contribution in [-0.4, -0.2) is 89.9 Å².